The first kappa shape index (κ1) is 10.5. The van der Waals surface area contributed by atoms with E-state index in [4.69, 9.17) is 5.73 Å². The maximum atomic E-state index is 13.2. The number of benzene rings is 1. The number of nitrogens with one attached hydrogen (secondary N) is 2. The summed E-state index contributed by atoms with van der Waals surface area (Å²) in [7, 11) is 1.46. The summed E-state index contributed by atoms with van der Waals surface area (Å²) in [4.78, 5) is 10.9. The first-order chi connectivity index (χ1) is 6.67. The summed E-state index contributed by atoms with van der Waals surface area (Å²) >= 11 is 0. The van der Waals surface area contributed by atoms with Gasteiger partial charge in [0.05, 0.1) is 5.69 Å². The van der Waals surface area contributed by atoms with Crippen molar-refractivity contribution in [2.45, 2.75) is 6.54 Å². The van der Waals surface area contributed by atoms with Gasteiger partial charge in [-0.1, -0.05) is 6.07 Å². The molecule has 5 heteroatoms. The van der Waals surface area contributed by atoms with Crippen LogP contribution < -0.4 is 16.4 Å². The van der Waals surface area contributed by atoms with E-state index in [9.17, 15) is 9.18 Å². The summed E-state index contributed by atoms with van der Waals surface area (Å²) in [6.45, 7) is 0.275. The molecular formula is C9H12FN3O. The average molecular weight is 197 g/mol. The van der Waals surface area contributed by atoms with E-state index in [-0.39, 0.29) is 12.2 Å². The van der Waals surface area contributed by atoms with Gasteiger partial charge in [-0.2, -0.15) is 0 Å². The van der Waals surface area contributed by atoms with Gasteiger partial charge < -0.3 is 16.4 Å². The predicted octanol–water partition coefficient (Wildman–Crippen LogP) is 1.04. The van der Waals surface area contributed by atoms with Gasteiger partial charge in [-0.25, -0.2) is 9.18 Å². The van der Waals surface area contributed by atoms with Crippen LogP contribution in [-0.2, 0) is 6.54 Å². The topological polar surface area (TPSA) is 67.2 Å². The van der Waals surface area contributed by atoms with Crippen molar-refractivity contribution < 1.29 is 9.18 Å². The van der Waals surface area contributed by atoms with Crippen molar-refractivity contribution in [2.75, 3.05) is 12.4 Å². The summed E-state index contributed by atoms with van der Waals surface area (Å²) in [6.07, 6.45) is 0. The maximum Gasteiger partial charge on any atom is 0.319 e. The second-order valence-electron chi connectivity index (χ2n) is 2.72. The second-order valence-corrected chi connectivity index (χ2v) is 2.72. The third-order valence-electron chi connectivity index (χ3n) is 1.74. The molecule has 0 aliphatic rings. The van der Waals surface area contributed by atoms with Crippen LogP contribution in [0, 0.1) is 5.82 Å². The van der Waals surface area contributed by atoms with Crippen LogP contribution in [0.15, 0.2) is 18.2 Å². The highest BCUT2D eigenvalue weighted by molar-refractivity contribution is 5.89. The molecule has 0 saturated heterocycles. The molecule has 4 N–H and O–H groups in total. The Hall–Kier alpha value is -1.62. The SMILES string of the molecule is CNC(=O)Nc1ccc(CN)cc1F. The minimum atomic E-state index is -0.489. The highest BCUT2D eigenvalue weighted by Crippen LogP contribution is 2.15. The normalized spacial score (nSPS) is 9.64. The molecule has 1 aromatic rings. The van der Waals surface area contributed by atoms with Gasteiger partial charge >= 0.3 is 6.03 Å². The van der Waals surface area contributed by atoms with E-state index in [2.05, 4.69) is 10.6 Å². The molecule has 0 aliphatic carbocycles. The Labute approximate surface area is 81.3 Å². The van der Waals surface area contributed by atoms with E-state index in [1.807, 2.05) is 0 Å². The van der Waals surface area contributed by atoms with E-state index < -0.39 is 11.8 Å². The summed E-state index contributed by atoms with van der Waals surface area (Å²) in [5.41, 5.74) is 6.16. The van der Waals surface area contributed by atoms with Crippen LogP contribution in [-0.4, -0.2) is 13.1 Å². The van der Waals surface area contributed by atoms with Crippen molar-refractivity contribution >= 4 is 11.7 Å². The van der Waals surface area contributed by atoms with Gasteiger partial charge in [0.1, 0.15) is 5.82 Å². The van der Waals surface area contributed by atoms with Gasteiger partial charge in [0.25, 0.3) is 0 Å². The van der Waals surface area contributed by atoms with Crippen LogP contribution in [0.2, 0.25) is 0 Å². The van der Waals surface area contributed by atoms with Crippen molar-refractivity contribution in [3.05, 3.63) is 29.6 Å². The second kappa shape index (κ2) is 4.57. The highest BCUT2D eigenvalue weighted by Gasteiger charge is 2.05. The molecule has 2 amide bonds. The summed E-state index contributed by atoms with van der Waals surface area (Å²) < 4.78 is 13.2. The zero-order chi connectivity index (χ0) is 10.6. The molecule has 0 aromatic heterocycles. The number of carbonyl (C=O) groups is 1. The van der Waals surface area contributed by atoms with Gasteiger partial charge in [-0.3, -0.25) is 0 Å². The number of hydrogen-bond acceptors (Lipinski definition) is 2. The number of nitrogens with two attached hydrogens (primary N) is 1. The fraction of sp³-hybridized carbons (Fsp3) is 0.222. The Balaban J connectivity index is 2.83. The summed E-state index contributed by atoms with van der Waals surface area (Å²) in [6, 6.07) is 3.98. The lowest BCUT2D eigenvalue weighted by Crippen LogP contribution is -2.25. The van der Waals surface area contributed by atoms with Crippen LogP contribution in [0.5, 0.6) is 0 Å². The molecule has 0 fully saturated rings. The van der Waals surface area contributed by atoms with Crippen molar-refractivity contribution in [3.63, 3.8) is 0 Å². The standard InChI is InChI=1S/C9H12FN3O/c1-12-9(14)13-8-3-2-6(5-11)4-7(8)10/h2-4H,5,11H2,1H3,(H2,12,13,14). The van der Waals surface area contributed by atoms with Crippen molar-refractivity contribution in [1.82, 2.24) is 5.32 Å². The van der Waals surface area contributed by atoms with Crippen molar-refractivity contribution in [2.24, 2.45) is 5.73 Å². The van der Waals surface area contributed by atoms with Gasteiger partial charge in [0.15, 0.2) is 0 Å². The molecule has 14 heavy (non-hydrogen) atoms. The summed E-state index contributed by atoms with van der Waals surface area (Å²) in [5, 5.41) is 4.67. The zero-order valence-electron chi connectivity index (χ0n) is 7.80. The lowest BCUT2D eigenvalue weighted by atomic mass is 10.2. The van der Waals surface area contributed by atoms with Gasteiger partial charge in [-0.05, 0) is 17.7 Å². The van der Waals surface area contributed by atoms with Crippen molar-refractivity contribution in [1.29, 1.82) is 0 Å². The quantitative estimate of drug-likeness (QED) is 0.663. The fourth-order valence-corrected chi connectivity index (χ4v) is 0.972. The lowest BCUT2D eigenvalue weighted by Gasteiger charge is -2.06. The van der Waals surface area contributed by atoms with Gasteiger partial charge in [0.2, 0.25) is 0 Å². The number of carbonyl (C=O) groups excluding carboxylic acids is 1. The Kier molecular flexibility index (Phi) is 3.41. The van der Waals surface area contributed by atoms with E-state index in [0.29, 0.717) is 5.56 Å². The average Bonchev–Trinajstić information content (AvgIpc) is 2.20. The fourth-order valence-electron chi connectivity index (χ4n) is 0.972. The van der Waals surface area contributed by atoms with Crippen LogP contribution in [0.25, 0.3) is 0 Å². The van der Waals surface area contributed by atoms with Gasteiger partial charge in [0, 0.05) is 13.6 Å². The summed E-state index contributed by atoms with van der Waals surface area (Å²) in [5.74, 6) is -0.489. The minimum absolute atomic E-state index is 0.140. The molecular weight excluding hydrogens is 185 g/mol. The lowest BCUT2D eigenvalue weighted by molar-refractivity contribution is 0.254. The molecule has 76 valence electrons. The number of halogens is 1. The Bertz CT molecular complexity index is 341. The molecule has 0 aliphatic heterocycles. The molecule has 0 heterocycles. The van der Waals surface area contributed by atoms with E-state index in [1.165, 1.54) is 19.2 Å². The van der Waals surface area contributed by atoms with Crippen LogP contribution >= 0.6 is 0 Å². The first-order valence-electron chi connectivity index (χ1n) is 4.14. The molecule has 1 aromatic carbocycles. The first-order valence-corrected chi connectivity index (χ1v) is 4.14. The molecule has 0 atom stereocenters. The molecule has 0 unspecified atom stereocenters. The molecule has 0 bridgehead atoms. The molecule has 4 nitrogen and oxygen atoms in total. The van der Waals surface area contributed by atoms with Crippen LogP contribution in [0.4, 0.5) is 14.9 Å². The molecule has 0 saturated carbocycles. The van der Waals surface area contributed by atoms with Crippen LogP contribution in [0.1, 0.15) is 5.56 Å². The molecule has 1 rings (SSSR count). The number of anilines is 1. The number of hydrogen-bond donors (Lipinski definition) is 3. The zero-order valence-corrected chi connectivity index (χ0v) is 7.80. The number of urea groups is 1. The molecule has 0 spiro atoms. The minimum Gasteiger partial charge on any atom is -0.341 e. The van der Waals surface area contributed by atoms with E-state index in [0.717, 1.165) is 0 Å². The Morgan fingerprint density at radius 1 is 1.57 bits per heavy atom. The number of amides is 2. The predicted molar refractivity (Wildman–Crippen MR) is 52.4 cm³/mol. The van der Waals surface area contributed by atoms with E-state index >= 15 is 0 Å². The largest absolute Gasteiger partial charge is 0.341 e. The monoisotopic (exact) mass is 197 g/mol. The van der Waals surface area contributed by atoms with Crippen molar-refractivity contribution in [3.8, 4) is 0 Å². The number of rotatable bonds is 2. The Morgan fingerprint density at radius 3 is 2.79 bits per heavy atom. The highest BCUT2D eigenvalue weighted by atomic mass is 19.1. The Morgan fingerprint density at radius 2 is 2.29 bits per heavy atom. The smallest absolute Gasteiger partial charge is 0.319 e. The third-order valence-corrected chi connectivity index (χ3v) is 1.74. The maximum absolute atomic E-state index is 13.2. The van der Waals surface area contributed by atoms with Gasteiger partial charge in [-0.15, -0.1) is 0 Å². The molecule has 0 radical (unpaired) electrons. The van der Waals surface area contributed by atoms with Crippen LogP contribution in [0.3, 0.4) is 0 Å². The third kappa shape index (κ3) is 2.43. The van der Waals surface area contributed by atoms with E-state index in [1.54, 1.807) is 6.07 Å².